The molecule has 1 atom stereocenters. The zero-order chi connectivity index (χ0) is 12.3. The summed E-state index contributed by atoms with van der Waals surface area (Å²) >= 11 is 0. The van der Waals surface area contributed by atoms with Gasteiger partial charge in [0.2, 0.25) is 0 Å². The minimum Gasteiger partial charge on any atom is -0.392 e. The normalized spacial score (nSPS) is 12.4. The van der Waals surface area contributed by atoms with Crippen LogP contribution in [0.4, 0.5) is 5.69 Å². The van der Waals surface area contributed by atoms with Gasteiger partial charge >= 0.3 is 0 Å². The number of benzene rings is 1. The minimum absolute atomic E-state index is 0.0382. The van der Waals surface area contributed by atoms with Crippen molar-refractivity contribution in [3.63, 3.8) is 0 Å². The second-order valence-corrected chi connectivity index (χ2v) is 4.08. The molecule has 0 saturated carbocycles. The SMILES string of the molecule is CC(Nc1ccccc1CO)c1nccn1C. The Kier molecular flexibility index (Phi) is 3.44. The van der Waals surface area contributed by atoms with Crippen LogP contribution in [0.5, 0.6) is 0 Å². The third kappa shape index (κ3) is 2.47. The van der Waals surface area contributed by atoms with Crippen LogP contribution in [0, 0.1) is 0 Å². The molecule has 0 spiro atoms. The predicted octanol–water partition coefficient (Wildman–Crippen LogP) is 2.09. The molecule has 0 aliphatic heterocycles. The van der Waals surface area contributed by atoms with Gasteiger partial charge in [-0.1, -0.05) is 18.2 Å². The van der Waals surface area contributed by atoms with Gasteiger partial charge in [0.1, 0.15) is 5.82 Å². The highest BCUT2D eigenvalue weighted by Crippen LogP contribution is 2.21. The van der Waals surface area contributed by atoms with Crippen LogP contribution in [0.1, 0.15) is 24.4 Å². The molecular weight excluding hydrogens is 214 g/mol. The van der Waals surface area contributed by atoms with Crippen LogP contribution >= 0.6 is 0 Å². The van der Waals surface area contributed by atoms with Crippen molar-refractivity contribution in [2.24, 2.45) is 7.05 Å². The van der Waals surface area contributed by atoms with Crippen molar-refractivity contribution in [1.29, 1.82) is 0 Å². The number of aromatic nitrogens is 2. The smallest absolute Gasteiger partial charge is 0.130 e. The number of nitrogens with one attached hydrogen (secondary N) is 1. The van der Waals surface area contributed by atoms with Crippen molar-refractivity contribution < 1.29 is 5.11 Å². The first-order valence-electron chi connectivity index (χ1n) is 5.65. The molecule has 0 aliphatic rings. The van der Waals surface area contributed by atoms with Gasteiger partial charge in [-0.2, -0.15) is 0 Å². The van der Waals surface area contributed by atoms with Gasteiger partial charge in [-0.15, -0.1) is 0 Å². The highest BCUT2D eigenvalue weighted by atomic mass is 16.3. The zero-order valence-electron chi connectivity index (χ0n) is 10.1. The number of hydrogen-bond donors (Lipinski definition) is 2. The van der Waals surface area contributed by atoms with Crippen LogP contribution in [0.25, 0.3) is 0 Å². The molecule has 0 saturated heterocycles. The van der Waals surface area contributed by atoms with Gasteiger partial charge in [0, 0.05) is 30.7 Å². The molecule has 0 radical (unpaired) electrons. The van der Waals surface area contributed by atoms with Gasteiger partial charge in [-0.05, 0) is 13.0 Å². The lowest BCUT2D eigenvalue weighted by atomic mass is 10.1. The van der Waals surface area contributed by atoms with Crippen LogP contribution in [0.15, 0.2) is 36.7 Å². The molecule has 0 amide bonds. The molecule has 1 heterocycles. The van der Waals surface area contributed by atoms with E-state index in [1.807, 2.05) is 42.1 Å². The number of imidazole rings is 1. The second-order valence-electron chi connectivity index (χ2n) is 4.08. The van der Waals surface area contributed by atoms with E-state index in [0.717, 1.165) is 17.1 Å². The molecule has 4 heteroatoms. The third-order valence-electron chi connectivity index (χ3n) is 2.81. The first-order chi connectivity index (χ1) is 8.22. The Bertz CT molecular complexity index is 493. The average molecular weight is 231 g/mol. The van der Waals surface area contributed by atoms with Crippen LogP contribution in [0.2, 0.25) is 0 Å². The largest absolute Gasteiger partial charge is 0.392 e. The van der Waals surface area contributed by atoms with Crippen LogP contribution in [0.3, 0.4) is 0 Å². The lowest BCUT2D eigenvalue weighted by Gasteiger charge is -2.17. The first-order valence-corrected chi connectivity index (χ1v) is 5.65. The number of aryl methyl sites for hydroxylation is 1. The third-order valence-corrected chi connectivity index (χ3v) is 2.81. The maximum Gasteiger partial charge on any atom is 0.130 e. The number of hydrogen-bond acceptors (Lipinski definition) is 3. The van der Waals surface area contributed by atoms with Crippen molar-refractivity contribution in [2.45, 2.75) is 19.6 Å². The van der Waals surface area contributed by atoms with Crippen LogP contribution < -0.4 is 5.32 Å². The standard InChI is InChI=1S/C13H17N3O/c1-10(13-14-7-8-16(13)2)15-12-6-4-3-5-11(12)9-17/h3-8,10,15,17H,9H2,1-2H3. The van der Waals surface area contributed by atoms with E-state index in [-0.39, 0.29) is 12.6 Å². The summed E-state index contributed by atoms with van der Waals surface area (Å²) < 4.78 is 1.99. The van der Waals surface area contributed by atoms with Crippen molar-refractivity contribution in [1.82, 2.24) is 9.55 Å². The lowest BCUT2D eigenvalue weighted by Crippen LogP contribution is -2.13. The van der Waals surface area contributed by atoms with Gasteiger partial charge in [0.15, 0.2) is 0 Å². The maximum atomic E-state index is 9.26. The Morgan fingerprint density at radius 2 is 2.18 bits per heavy atom. The quantitative estimate of drug-likeness (QED) is 0.847. The molecule has 1 aromatic heterocycles. The van der Waals surface area contributed by atoms with E-state index >= 15 is 0 Å². The van der Waals surface area contributed by atoms with Gasteiger partial charge in [0.05, 0.1) is 12.6 Å². The van der Waals surface area contributed by atoms with Crippen molar-refractivity contribution >= 4 is 5.69 Å². The maximum absolute atomic E-state index is 9.26. The van der Waals surface area contributed by atoms with Crippen LogP contribution in [-0.2, 0) is 13.7 Å². The number of nitrogens with zero attached hydrogens (tertiary/aromatic N) is 2. The number of rotatable bonds is 4. The topological polar surface area (TPSA) is 50.1 Å². The fourth-order valence-corrected chi connectivity index (χ4v) is 1.89. The van der Waals surface area contributed by atoms with Crippen molar-refractivity contribution in [3.8, 4) is 0 Å². The summed E-state index contributed by atoms with van der Waals surface area (Å²) in [5.74, 6) is 0.970. The Morgan fingerprint density at radius 1 is 1.41 bits per heavy atom. The summed E-state index contributed by atoms with van der Waals surface area (Å²) in [4.78, 5) is 4.31. The summed E-state index contributed by atoms with van der Waals surface area (Å²) in [5, 5.41) is 12.6. The monoisotopic (exact) mass is 231 g/mol. The van der Waals surface area contributed by atoms with Crippen molar-refractivity contribution in [3.05, 3.63) is 48.0 Å². The summed E-state index contributed by atoms with van der Waals surface area (Å²) in [6.07, 6.45) is 3.71. The number of aliphatic hydroxyl groups excluding tert-OH is 1. The van der Waals surface area contributed by atoms with Crippen molar-refractivity contribution in [2.75, 3.05) is 5.32 Å². The molecule has 0 bridgehead atoms. The molecule has 1 aromatic carbocycles. The van der Waals surface area contributed by atoms with E-state index < -0.39 is 0 Å². The minimum atomic E-state index is 0.0382. The molecule has 0 aliphatic carbocycles. The molecule has 2 rings (SSSR count). The highest BCUT2D eigenvalue weighted by molar-refractivity contribution is 5.51. The highest BCUT2D eigenvalue weighted by Gasteiger charge is 2.11. The van der Waals surface area contributed by atoms with E-state index in [1.54, 1.807) is 6.20 Å². The zero-order valence-corrected chi connectivity index (χ0v) is 10.1. The van der Waals surface area contributed by atoms with Crippen LogP contribution in [-0.4, -0.2) is 14.7 Å². The Hall–Kier alpha value is -1.81. The first kappa shape index (κ1) is 11.7. The summed E-state index contributed by atoms with van der Waals surface area (Å²) in [6.45, 7) is 2.09. The molecule has 90 valence electrons. The summed E-state index contributed by atoms with van der Waals surface area (Å²) in [6, 6.07) is 7.84. The summed E-state index contributed by atoms with van der Waals surface area (Å²) in [7, 11) is 1.97. The molecule has 2 aromatic rings. The number of anilines is 1. The van der Waals surface area contributed by atoms with E-state index in [4.69, 9.17) is 0 Å². The van der Waals surface area contributed by atoms with E-state index in [2.05, 4.69) is 17.2 Å². The number of para-hydroxylation sites is 1. The fraction of sp³-hybridized carbons (Fsp3) is 0.308. The Balaban J connectivity index is 2.18. The second kappa shape index (κ2) is 5.01. The molecule has 17 heavy (non-hydrogen) atoms. The predicted molar refractivity (Wildman–Crippen MR) is 67.6 cm³/mol. The lowest BCUT2D eigenvalue weighted by molar-refractivity contribution is 0.282. The average Bonchev–Trinajstić information content (AvgIpc) is 2.76. The number of aliphatic hydroxyl groups is 1. The van der Waals surface area contributed by atoms with Gasteiger partial charge in [-0.25, -0.2) is 4.98 Å². The van der Waals surface area contributed by atoms with E-state index in [0.29, 0.717) is 0 Å². The fourth-order valence-electron chi connectivity index (χ4n) is 1.89. The Labute approximate surface area is 101 Å². The summed E-state index contributed by atoms with van der Waals surface area (Å²) in [5.41, 5.74) is 1.85. The molecule has 4 nitrogen and oxygen atoms in total. The molecular formula is C13H17N3O. The molecule has 2 N–H and O–H groups in total. The molecule has 1 unspecified atom stereocenters. The van der Waals surface area contributed by atoms with Gasteiger partial charge in [-0.3, -0.25) is 0 Å². The Morgan fingerprint density at radius 3 is 2.82 bits per heavy atom. The molecule has 0 fully saturated rings. The van der Waals surface area contributed by atoms with E-state index in [9.17, 15) is 5.11 Å². The van der Waals surface area contributed by atoms with Gasteiger partial charge < -0.3 is 15.0 Å². The van der Waals surface area contributed by atoms with E-state index in [1.165, 1.54) is 0 Å². The van der Waals surface area contributed by atoms with Gasteiger partial charge in [0.25, 0.3) is 0 Å².